The van der Waals surface area contributed by atoms with Gasteiger partial charge in [0, 0.05) is 6.08 Å². The second kappa shape index (κ2) is 9.78. The summed E-state index contributed by atoms with van der Waals surface area (Å²) in [7, 11) is 0. The van der Waals surface area contributed by atoms with Gasteiger partial charge in [-0.3, -0.25) is 0 Å². The van der Waals surface area contributed by atoms with Crippen molar-refractivity contribution in [2.24, 2.45) is 0 Å². The van der Waals surface area contributed by atoms with Crippen LogP contribution < -0.4 is 0 Å². The topological polar surface area (TPSA) is 26.3 Å². The van der Waals surface area contributed by atoms with Crippen LogP contribution in [0.3, 0.4) is 0 Å². The van der Waals surface area contributed by atoms with E-state index in [-0.39, 0.29) is 5.97 Å². The molecule has 0 spiro atoms. The van der Waals surface area contributed by atoms with E-state index in [1.54, 1.807) is 12.2 Å². The largest absolute Gasteiger partial charge is 0.432 e. The minimum atomic E-state index is -0.337. The molecular weight excluding hydrogens is 176 g/mol. The number of unbranched alkanes of at least 4 members (excludes halogenated alkanes) is 2. The molecule has 0 fully saturated rings. The van der Waals surface area contributed by atoms with Gasteiger partial charge in [-0.2, -0.15) is 0 Å². The summed E-state index contributed by atoms with van der Waals surface area (Å²) in [5.74, 6) is -0.337. The molecule has 78 valence electrons. The lowest BCUT2D eigenvalue weighted by Gasteiger charge is -1.91. The van der Waals surface area contributed by atoms with Crippen molar-refractivity contribution in [2.45, 2.75) is 33.1 Å². The highest BCUT2D eigenvalue weighted by Crippen LogP contribution is 1.95. The maximum Gasteiger partial charge on any atom is 0.335 e. The van der Waals surface area contributed by atoms with Gasteiger partial charge in [0.25, 0.3) is 0 Å². The molecule has 0 aliphatic heterocycles. The summed E-state index contributed by atoms with van der Waals surface area (Å²) in [5.41, 5.74) is 0. The highest BCUT2D eigenvalue weighted by molar-refractivity contribution is 5.82. The average molecular weight is 194 g/mol. The number of ether oxygens (including phenoxy) is 1. The van der Waals surface area contributed by atoms with Gasteiger partial charge in [0.2, 0.25) is 0 Å². The first kappa shape index (κ1) is 12.7. The Balaban J connectivity index is 3.58. The fraction of sp³-hybridized carbons (Fsp3) is 0.417. The maximum absolute atomic E-state index is 11.0. The first-order valence-corrected chi connectivity index (χ1v) is 4.96. The lowest BCUT2D eigenvalue weighted by molar-refractivity contribution is -0.132. The van der Waals surface area contributed by atoms with Crippen LogP contribution in [0, 0.1) is 0 Å². The van der Waals surface area contributed by atoms with Crippen LogP contribution in [0.4, 0.5) is 0 Å². The Morgan fingerprint density at radius 2 is 2.14 bits per heavy atom. The molecule has 0 saturated carbocycles. The van der Waals surface area contributed by atoms with Crippen molar-refractivity contribution >= 4 is 5.97 Å². The number of hydrogen-bond donors (Lipinski definition) is 0. The van der Waals surface area contributed by atoms with Crippen LogP contribution in [-0.4, -0.2) is 5.97 Å². The lowest BCUT2D eigenvalue weighted by atomic mass is 10.2. The van der Waals surface area contributed by atoms with Gasteiger partial charge in [0.15, 0.2) is 0 Å². The fourth-order valence-electron chi connectivity index (χ4n) is 0.790. The standard InChI is InChI=1S/C12H18O2/c1-3-5-7-9-11-14-12(13)10-8-6-4-2/h4,6,8-11H,3,5,7H2,1-2H3/b6-4+,10-8+,11-9+. The summed E-state index contributed by atoms with van der Waals surface area (Å²) in [5, 5.41) is 0. The molecule has 0 aromatic carbocycles. The minimum Gasteiger partial charge on any atom is -0.432 e. The first-order chi connectivity index (χ1) is 6.81. The Labute approximate surface area is 86.0 Å². The smallest absolute Gasteiger partial charge is 0.335 e. The van der Waals surface area contributed by atoms with Crippen LogP contribution in [0.5, 0.6) is 0 Å². The number of carbonyl (C=O) groups is 1. The monoisotopic (exact) mass is 194 g/mol. The summed E-state index contributed by atoms with van der Waals surface area (Å²) in [4.78, 5) is 11.0. The van der Waals surface area contributed by atoms with Crippen molar-refractivity contribution in [2.75, 3.05) is 0 Å². The number of rotatable bonds is 6. The summed E-state index contributed by atoms with van der Waals surface area (Å²) in [6.45, 7) is 4.01. The number of allylic oxidation sites excluding steroid dienone is 4. The van der Waals surface area contributed by atoms with Gasteiger partial charge in [-0.05, 0) is 25.8 Å². The predicted octanol–water partition coefficient (Wildman–Crippen LogP) is 3.37. The van der Waals surface area contributed by atoms with Gasteiger partial charge in [0.1, 0.15) is 0 Å². The predicted molar refractivity (Wildman–Crippen MR) is 58.7 cm³/mol. The van der Waals surface area contributed by atoms with Crippen molar-refractivity contribution in [3.8, 4) is 0 Å². The first-order valence-electron chi connectivity index (χ1n) is 4.96. The van der Waals surface area contributed by atoms with Gasteiger partial charge in [-0.15, -0.1) is 0 Å². The normalized spacial score (nSPS) is 11.9. The summed E-state index contributed by atoms with van der Waals surface area (Å²) in [6, 6.07) is 0. The number of hydrogen-bond acceptors (Lipinski definition) is 2. The van der Waals surface area contributed by atoms with E-state index in [4.69, 9.17) is 4.74 Å². The number of carbonyl (C=O) groups excluding carboxylic acids is 1. The van der Waals surface area contributed by atoms with E-state index in [0.29, 0.717) is 0 Å². The van der Waals surface area contributed by atoms with E-state index in [2.05, 4.69) is 6.92 Å². The zero-order valence-corrected chi connectivity index (χ0v) is 8.90. The molecule has 0 bridgehead atoms. The minimum absolute atomic E-state index is 0.337. The quantitative estimate of drug-likeness (QED) is 0.213. The van der Waals surface area contributed by atoms with Crippen LogP contribution >= 0.6 is 0 Å². The lowest BCUT2D eigenvalue weighted by Crippen LogP contribution is -1.92. The third kappa shape index (κ3) is 8.78. The van der Waals surface area contributed by atoms with E-state index < -0.39 is 0 Å². The van der Waals surface area contributed by atoms with Crippen LogP contribution in [-0.2, 0) is 9.53 Å². The number of esters is 1. The van der Waals surface area contributed by atoms with E-state index >= 15 is 0 Å². The van der Waals surface area contributed by atoms with Crippen LogP contribution in [0.25, 0.3) is 0 Å². The molecule has 0 unspecified atom stereocenters. The maximum atomic E-state index is 11.0. The van der Waals surface area contributed by atoms with E-state index in [1.807, 2.05) is 19.1 Å². The zero-order valence-electron chi connectivity index (χ0n) is 8.90. The van der Waals surface area contributed by atoms with E-state index in [0.717, 1.165) is 19.3 Å². The molecule has 0 amide bonds. The Morgan fingerprint density at radius 3 is 2.79 bits per heavy atom. The second-order valence-electron chi connectivity index (χ2n) is 2.84. The Morgan fingerprint density at radius 1 is 1.36 bits per heavy atom. The molecule has 2 nitrogen and oxygen atoms in total. The Hall–Kier alpha value is -1.31. The molecule has 0 heterocycles. The van der Waals surface area contributed by atoms with Crippen molar-refractivity contribution in [3.63, 3.8) is 0 Å². The molecule has 0 aromatic rings. The van der Waals surface area contributed by atoms with Gasteiger partial charge in [-0.25, -0.2) is 4.79 Å². The Bertz CT molecular complexity index is 224. The van der Waals surface area contributed by atoms with Crippen LogP contribution in [0.2, 0.25) is 0 Å². The van der Waals surface area contributed by atoms with Crippen molar-refractivity contribution in [1.82, 2.24) is 0 Å². The molecular formula is C12H18O2. The molecule has 0 saturated heterocycles. The van der Waals surface area contributed by atoms with Crippen LogP contribution in [0.15, 0.2) is 36.6 Å². The molecule has 0 aromatic heterocycles. The molecule has 2 heteroatoms. The van der Waals surface area contributed by atoms with Gasteiger partial charge < -0.3 is 4.74 Å². The van der Waals surface area contributed by atoms with Gasteiger partial charge in [-0.1, -0.05) is 31.6 Å². The highest BCUT2D eigenvalue weighted by atomic mass is 16.5. The molecule has 0 radical (unpaired) electrons. The summed E-state index contributed by atoms with van der Waals surface area (Å²) in [6.07, 6.45) is 13.2. The second-order valence-corrected chi connectivity index (χ2v) is 2.84. The molecule has 0 aliphatic rings. The van der Waals surface area contributed by atoms with Crippen molar-refractivity contribution in [1.29, 1.82) is 0 Å². The van der Waals surface area contributed by atoms with Crippen LogP contribution in [0.1, 0.15) is 33.1 Å². The summed E-state index contributed by atoms with van der Waals surface area (Å²) < 4.78 is 4.79. The van der Waals surface area contributed by atoms with Gasteiger partial charge in [0.05, 0.1) is 6.26 Å². The summed E-state index contributed by atoms with van der Waals surface area (Å²) >= 11 is 0. The Kier molecular flexibility index (Phi) is 8.86. The van der Waals surface area contributed by atoms with E-state index in [9.17, 15) is 4.79 Å². The molecule has 0 rings (SSSR count). The third-order valence-corrected chi connectivity index (χ3v) is 1.54. The van der Waals surface area contributed by atoms with E-state index in [1.165, 1.54) is 12.3 Å². The zero-order chi connectivity index (χ0) is 10.6. The fourth-order valence-corrected chi connectivity index (χ4v) is 0.790. The van der Waals surface area contributed by atoms with Gasteiger partial charge >= 0.3 is 5.97 Å². The third-order valence-electron chi connectivity index (χ3n) is 1.54. The molecule has 0 aliphatic carbocycles. The average Bonchev–Trinajstić information content (AvgIpc) is 2.18. The van der Waals surface area contributed by atoms with Crippen molar-refractivity contribution in [3.05, 3.63) is 36.6 Å². The van der Waals surface area contributed by atoms with Crippen molar-refractivity contribution < 1.29 is 9.53 Å². The molecule has 0 N–H and O–H groups in total. The SMILES string of the molecule is C/C=C/C=C/C(=O)O/C=C/CCCC. The highest BCUT2D eigenvalue weighted by Gasteiger charge is 1.89. The molecule has 14 heavy (non-hydrogen) atoms. The molecule has 0 atom stereocenters.